The third kappa shape index (κ3) is 6.07. The lowest BCUT2D eigenvalue weighted by molar-refractivity contribution is -0.142. The summed E-state index contributed by atoms with van der Waals surface area (Å²) in [6.45, 7) is 1.85. The number of thioether (sulfide) groups is 1. The number of ether oxygens (including phenoxy) is 1. The predicted molar refractivity (Wildman–Crippen MR) is 111 cm³/mol. The van der Waals surface area contributed by atoms with Gasteiger partial charge in [-0.15, -0.1) is 23.1 Å². The van der Waals surface area contributed by atoms with Gasteiger partial charge in [-0.2, -0.15) is 13.2 Å². The highest BCUT2D eigenvalue weighted by Crippen LogP contribution is 2.34. The Labute approximate surface area is 179 Å². The van der Waals surface area contributed by atoms with Crippen LogP contribution in [0, 0.1) is 6.92 Å². The van der Waals surface area contributed by atoms with Gasteiger partial charge >= 0.3 is 12.1 Å². The Kier molecular flexibility index (Phi) is 7.17. The number of hydrogen-bond acceptors (Lipinski definition) is 5. The first-order chi connectivity index (χ1) is 14.2. The molecule has 0 aliphatic heterocycles. The normalized spacial score (nSPS) is 11.6. The Morgan fingerprint density at radius 3 is 2.40 bits per heavy atom. The zero-order valence-electron chi connectivity index (χ0n) is 15.9. The molecule has 1 aromatic heterocycles. The molecule has 0 unspecified atom stereocenters. The molecule has 0 saturated carbocycles. The van der Waals surface area contributed by atoms with Crippen molar-refractivity contribution in [3.05, 3.63) is 70.2 Å². The van der Waals surface area contributed by atoms with E-state index in [1.807, 2.05) is 31.2 Å². The summed E-state index contributed by atoms with van der Waals surface area (Å²) in [7, 11) is 0. The van der Waals surface area contributed by atoms with Gasteiger partial charge in [-0.1, -0.05) is 24.3 Å². The topological polar surface area (TPSA) is 59.4 Å². The first-order valence-corrected chi connectivity index (χ1v) is 10.7. The number of alkyl halides is 3. The third-order valence-electron chi connectivity index (χ3n) is 4.15. The number of carbonyl (C=O) groups is 1. The number of aromatic nitrogens is 1. The molecule has 0 spiro atoms. The van der Waals surface area contributed by atoms with E-state index in [-0.39, 0.29) is 13.2 Å². The van der Waals surface area contributed by atoms with Gasteiger partial charge in [0.25, 0.3) is 0 Å². The van der Waals surface area contributed by atoms with E-state index in [0.29, 0.717) is 16.3 Å². The zero-order valence-corrected chi connectivity index (χ0v) is 17.5. The molecular formula is C21H18F3NO3S2. The average Bonchev–Trinajstić information content (AvgIpc) is 3.07. The number of carboxylic acid groups (broad SMARTS) is 1. The largest absolute Gasteiger partial charge is 0.480 e. The van der Waals surface area contributed by atoms with Crippen LogP contribution in [0.3, 0.4) is 0 Å². The fourth-order valence-electron chi connectivity index (χ4n) is 2.58. The van der Waals surface area contributed by atoms with Gasteiger partial charge in [-0.25, -0.2) is 9.78 Å². The van der Waals surface area contributed by atoms with Gasteiger partial charge in [0.15, 0.2) is 0 Å². The molecule has 3 rings (SSSR count). The maximum atomic E-state index is 12.7. The van der Waals surface area contributed by atoms with Crippen LogP contribution in [0.4, 0.5) is 13.2 Å². The molecule has 9 heteroatoms. The molecule has 0 saturated heterocycles. The lowest BCUT2D eigenvalue weighted by Crippen LogP contribution is -2.06. The monoisotopic (exact) mass is 453 g/mol. The molecule has 0 aliphatic rings. The second kappa shape index (κ2) is 9.63. The van der Waals surface area contributed by atoms with Crippen LogP contribution in [0.2, 0.25) is 0 Å². The van der Waals surface area contributed by atoms with Crippen LogP contribution in [-0.2, 0) is 28.1 Å². The maximum absolute atomic E-state index is 12.7. The fraction of sp³-hybridized carbons (Fsp3) is 0.238. The van der Waals surface area contributed by atoms with Crippen molar-refractivity contribution in [2.45, 2.75) is 30.4 Å². The second-order valence-electron chi connectivity index (χ2n) is 6.42. The number of aliphatic carboxylic acids is 1. The molecule has 1 heterocycles. The Hall–Kier alpha value is -2.36. The quantitative estimate of drug-likeness (QED) is 0.422. The number of rotatable bonds is 8. The Bertz CT molecular complexity index is 1000. The number of aryl methyl sites for hydroxylation is 1. The molecule has 3 aromatic rings. The van der Waals surface area contributed by atoms with Crippen molar-refractivity contribution in [2.24, 2.45) is 0 Å². The highest BCUT2D eigenvalue weighted by Gasteiger charge is 2.30. The van der Waals surface area contributed by atoms with Crippen LogP contribution in [-0.4, -0.2) is 22.7 Å². The van der Waals surface area contributed by atoms with E-state index < -0.39 is 17.7 Å². The Morgan fingerprint density at radius 2 is 1.80 bits per heavy atom. The fourth-order valence-corrected chi connectivity index (χ4v) is 4.52. The van der Waals surface area contributed by atoms with Gasteiger partial charge in [0.1, 0.15) is 11.6 Å². The van der Waals surface area contributed by atoms with Gasteiger partial charge < -0.3 is 9.84 Å². The zero-order chi connectivity index (χ0) is 21.7. The molecule has 1 N–H and O–H groups in total. The highest BCUT2D eigenvalue weighted by molar-refractivity contribution is 7.98. The summed E-state index contributed by atoms with van der Waals surface area (Å²) in [5.74, 6) is -0.367. The summed E-state index contributed by atoms with van der Waals surface area (Å²) in [5, 5.41) is 9.27. The Balaban J connectivity index is 1.60. The van der Waals surface area contributed by atoms with Gasteiger partial charge in [-0.05, 0) is 36.8 Å². The molecule has 0 aliphatic carbocycles. The molecule has 4 nitrogen and oxygen atoms in total. The van der Waals surface area contributed by atoms with Gasteiger partial charge in [0.05, 0.1) is 17.9 Å². The standard InChI is InChI=1S/C21H18F3NO3S2/c1-13-18(12-29-17-8-2-14(3-9-17)10-28-11-19(26)27)25-20(30-13)15-4-6-16(7-5-15)21(22,23)24/h2-9H,10-12H2,1H3,(H,26,27). The van der Waals surface area contributed by atoms with Crippen molar-refractivity contribution in [3.63, 3.8) is 0 Å². The molecular weight excluding hydrogens is 435 g/mol. The molecule has 0 fully saturated rings. The van der Waals surface area contributed by atoms with Gasteiger partial charge in [-0.3, -0.25) is 0 Å². The van der Waals surface area contributed by atoms with E-state index in [1.54, 1.807) is 11.8 Å². The summed E-state index contributed by atoms with van der Waals surface area (Å²) >= 11 is 3.06. The molecule has 0 bridgehead atoms. The lowest BCUT2D eigenvalue weighted by atomic mass is 10.1. The van der Waals surface area contributed by atoms with E-state index in [9.17, 15) is 18.0 Å². The number of thiazole rings is 1. The summed E-state index contributed by atoms with van der Waals surface area (Å²) in [4.78, 5) is 17.1. The first-order valence-electron chi connectivity index (χ1n) is 8.87. The highest BCUT2D eigenvalue weighted by atomic mass is 32.2. The van der Waals surface area contributed by atoms with E-state index >= 15 is 0 Å². The SMILES string of the molecule is Cc1sc(-c2ccc(C(F)(F)F)cc2)nc1CSc1ccc(COCC(=O)O)cc1. The minimum Gasteiger partial charge on any atom is -0.480 e. The van der Waals surface area contributed by atoms with E-state index in [4.69, 9.17) is 9.84 Å². The van der Waals surface area contributed by atoms with Crippen molar-refractivity contribution in [1.29, 1.82) is 0 Å². The van der Waals surface area contributed by atoms with E-state index in [1.165, 1.54) is 23.5 Å². The van der Waals surface area contributed by atoms with Crippen molar-refractivity contribution >= 4 is 29.1 Å². The minimum absolute atomic E-state index is 0.235. The number of halogens is 3. The van der Waals surface area contributed by atoms with Crippen molar-refractivity contribution in [2.75, 3.05) is 6.61 Å². The van der Waals surface area contributed by atoms with Crippen LogP contribution >= 0.6 is 23.1 Å². The third-order valence-corrected chi connectivity index (χ3v) is 6.23. The number of benzene rings is 2. The summed E-state index contributed by atoms with van der Waals surface area (Å²) in [5.41, 5.74) is 1.77. The Morgan fingerprint density at radius 1 is 1.13 bits per heavy atom. The molecule has 2 aromatic carbocycles. The van der Waals surface area contributed by atoms with Crippen molar-refractivity contribution in [3.8, 4) is 10.6 Å². The summed E-state index contributed by atoms with van der Waals surface area (Å²) < 4.78 is 43.2. The van der Waals surface area contributed by atoms with Gasteiger partial charge in [0, 0.05) is 21.1 Å². The van der Waals surface area contributed by atoms with Crippen molar-refractivity contribution < 1.29 is 27.8 Å². The number of carboxylic acids is 1. The smallest absolute Gasteiger partial charge is 0.416 e. The van der Waals surface area contributed by atoms with E-state index in [0.717, 1.165) is 33.2 Å². The molecule has 158 valence electrons. The molecule has 30 heavy (non-hydrogen) atoms. The van der Waals surface area contributed by atoms with Crippen LogP contribution in [0.1, 0.15) is 21.7 Å². The lowest BCUT2D eigenvalue weighted by Gasteiger charge is -2.06. The van der Waals surface area contributed by atoms with Crippen LogP contribution in [0.15, 0.2) is 53.4 Å². The molecule has 0 amide bonds. The average molecular weight is 454 g/mol. The van der Waals surface area contributed by atoms with E-state index in [2.05, 4.69) is 4.98 Å². The van der Waals surface area contributed by atoms with Crippen LogP contribution < -0.4 is 0 Å². The molecule has 0 atom stereocenters. The summed E-state index contributed by atoms with van der Waals surface area (Å²) in [6.07, 6.45) is -4.35. The molecule has 0 radical (unpaired) electrons. The predicted octanol–water partition coefficient (Wildman–Crippen LogP) is 6.03. The maximum Gasteiger partial charge on any atom is 0.416 e. The van der Waals surface area contributed by atoms with Crippen LogP contribution in [0.25, 0.3) is 10.6 Å². The second-order valence-corrected chi connectivity index (χ2v) is 8.67. The van der Waals surface area contributed by atoms with Crippen LogP contribution in [0.5, 0.6) is 0 Å². The van der Waals surface area contributed by atoms with Crippen molar-refractivity contribution in [1.82, 2.24) is 4.98 Å². The summed E-state index contributed by atoms with van der Waals surface area (Å²) in [6, 6.07) is 12.7. The minimum atomic E-state index is -4.35. The number of nitrogens with zero attached hydrogens (tertiary/aromatic N) is 1. The first kappa shape index (κ1) is 22.3. The van der Waals surface area contributed by atoms with Gasteiger partial charge in [0.2, 0.25) is 0 Å². The number of hydrogen-bond donors (Lipinski definition) is 1.